The number of aliphatic hydroxyl groups is 1. The van der Waals surface area contributed by atoms with Crippen LogP contribution in [0.2, 0.25) is 72.5 Å². The number of hydrogen-bond acceptors (Lipinski definition) is 10. The van der Waals surface area contributed by atoms with Crippen molar-refractivity contribution in [2.45, 2.75) is 225 Å². The molecule has 3 rings (SSSR count). The van der Waals surface area contributed by atoms with Crippen molar-refractivity contribution < 1.29 is 46.6 Å². The average molecular weight is 930 g/mol. The van der Waals surface area contributed by atoms with Crippen molar-refractivity contribution in [2.24, 2.45) is 0 Å². The number of carbonyl (C=O) groups excluding carboxylic acids is 2. The van der Waals surface area contributed by atoms with E-state index in [0.29, 0.717) is 13.2 Å². The van der Waals surface area contributed by atoms with E-state index in [-0.39, 0.29) is 50.7 Å². The molecule has 2 fully saturated rings. The molecule has 0 aromatic heterocycles. The summed E-state index contributed by atoms with van der Waals surface area (Å²) < 4.78 is 45.4. The van der Waals surface area contributed by atoms with E-state index in [1.54, 1.807) is 0 Å². The first-order chi connectivity index (χ1) is 27.4. The Hall–Kier alpha value is -1.29. The summed E-state index contributed by atoms with van der Waals surface area (Å²) in [5, 5.41) is 15.9. The lowest BCUT2D eigenvalue weighted by atomic mass is 10.1. The molecule has 0 spiro atoms. The second-order valence-corrected chi connectivity index (χ2v) is 42.2. The molecular weight excluding hydrogens is 841 g/mol. The van der Waals surface area contributed by atoms with Crippen LogP contribution in [0.1, 0.15) is 102 Å². The first-order valence-electron chi connectivity index (χ1n) is 22.2. The van der Waals surface area contributed by atoms with E-state index in [1.165, 1.54) is 13.8 Å². The monoisotopic (exact) mass is 929 g/mol. The molecule has 8 atom stereocenters. The van der Waals surface area contributed by atoms with Crippen molar-refractivity contribution in [1.82, 2.24) is 10.6 Å². The molecule has 0 saturated carbocycles. The largest absolute Gasteiger partial charge is 0.407 e. The van der Waals surface area contributed by atoms with Crippen LogP contribution in [0, 0.1) is 0 Å². The minimum atomic E-state index is -2.18. The number of aliphatic hydroxyl groups excluding tert-OH is 1. The van der Waals surface area contributed by atoms with Gasteiger partial charge >= 0.3 is 0 Å². The highest BCUT2D eigenvalue weighted by atomic mass is 28.4. The Bertz CT molecular complexity index is 1550. The predicted molar refractivity (Wildman–Crippen MR) is 256 cm³/mol. The SMILES string of the molecule is CC(=O)N[C@@H]1C(O[Si](C)(C)C(C)(C)C)[C@H](O[Si](C)(C)C(C)(C)C)O[C@@H]1CO.CC(=O)N[C@@H]1C(O[Si](C)(C)C(C)(C)C)[C@H](O[Si](C)(C)C(C)(C)C)O[C@@H]1COCc1ccccc1. The van der Waals surface area contributed by atoms with E-state index in [4.69, 9.17) is 31.9 Å². The Kier molecular flexibility index (Phi) is 19.1. The molecule has 16 heteroatoms. The summed E-state index contributed by atoms with van der Waals surface area (Å²) >= 11 is 0. The highest BCUT2D eigenvalue weighted by Gasteiger charge is 2.55. The van der Waals surface area contributed by atoms with Crippen LogP contribution >= 0.6 is 0 Å². The number of hydrogen-bond donors (Lipinski definition) is 3. The predicted octanol–water partition coefficient (Wildman–Crippen LogP) is 9.47. The van der Waals surface area contributed by atoms with Gasteiger partial charge in [-0.15, -0.1) is 0 Å². The number of carbonyl (C=O) groups is 2. The van der Waals surface area contributed by atoms with Crippen LogP contribution in [0.4, 0.5) is 0 Å². The molecule has 3 N–H and O–H groups in total. The van der Waals surface area contributed by atoms with Gasteiger partial charge in [0, 0.05) is 13.8 Å². The van der Waals surface area contributed by atoms with Gasteiger partial charge in [-0.2, -0.15) is 0 Å². The number of ether oxygens (including phenoxy) is 3. The molecule has 61 heavy (non-hydrogen) atoms. The van der Waals surface area contributed by atoms with Gasteiger partial charge in [0.05, 0.1) is 31.9 Å². The average Bonchev–Trinajstić information content (AvgIpc) is 3.53. The third-order valence-electron chi connectivity index (χ3n) is 13.9. The molecule has 2 amide bonds. The molecule has 2 aliphatic rings. The second kappa shape index (κ2) is 20.9. The summed E-state index contributed by atoms with van der Waals surface area (Å²) in [4.78, 5) is 24.0. The summed E-state index contributed by atoms with van der Waals surface area (Å²) in [6.07, 6.45) is -2.91. The molecule has 0 aliphatic carbocycles. The standard InChI is InChI=1S/C26H47NO5Si2.C19H41NO5Si2/c1-19(28)27-22-21(18-29-17-20-15-13-12-14-16-20)30-24(32-34(10,11)26(5,6)7)23(22)31-33(8,9)25(2,3)4;1-13(22)20-15-14(12-21)23-17(25-27(10,11)19(5,6)7)16(15)24-26(8,9)18(2,3)4/h12-16,21-24H,17-18H2,1-11H3,(H,27,28);14-17,21H,12H2,1-11H3,(H,20,22)/t21-,22+,23?,24+;14-,15+,16?,17+/m11/s1. The Morgan fingerprint density at radius 1 is 0.574 bits per heavy atom. The second-order valence-electron chi connectivity index (χ2n) is 23.2. The zero-order valence-electron chi connectivity index (χ0n) is 42.2. The van der Waals surface area contributed by atoms with Gasteiger partial charge < -0.3 is 47.7 Å². The maximum atomic E-state index is 12.2. The van der Waals surface area contributed by atoms with Gasteiger partial charge in [0.2, 0.25) is 11.8 Å². The van der Waals surface area contributed by atoms with Crippen LogP contribution in [-0.4, -0.2) is 112 Å². The quantitative estimate of drug-likeness (QED) is 0.146. The molecule has 2 heterocycles. The Balaban J connectivity index is 0.000000432. The molecule has 0 radical (unpaired) electrons. The van der Waals surface area contributed by atoms with Gasteiger partial charge in [-0.1, -0.05) is 113 Å². The molecule has 0 bridgehead atoms. The zero-order chi connectivity index (χ0) is 47.4. The van der Waals surface area contributed by atoms with Crippen molar-refractivity contribution in [3.8, 4) is 0 Å². The minimum Gasteiger partial charge on any atom is -0.407 e. The van der Waals surface area contributed by atoms with Gasteiger partial charge in [0.25, 0.3) is 0 Å². The van der Waals surface area contributed by atoms with Gasteiger partial charge in [-0.3, -0.25) is 9.59 Å². The van der Waals surface area contributed by atoms with Crippen molar-refractivity contribution in [1.29, 1.82) is 0 Å². The summed E-state index contributed by atoms with van der Waals surface area (Å²) in [7, 11) is -8.61. The van der Waals surface area contributed by atoms with Crippen LogP contribution in [0.5, 0.6) is 0 Å². The molecule has 2 aliphatic heterocycles. The number of amides is 2. The molecule has 1 aromatic carbocycles. The normalized spacial score (nSPS) is 25.8. The van der Waals surface area contributed by atoms with Gasteiger partial charge in [-0.05, 0) is 78.1 Å². The Labute approximate surface area is 375 Å². The number of nitrogens with one attached hydrogen (secondary N) is 2. The van der Waals surface area contributed by atoms with Gasteiger partial charge in [0.15, 0.2) is 45.8 Å². The lowest BCUT2D eigenvalue weighted by molar-refractivity contribution is -0.126. The fourth-order valence-corrected chi connectivity index (χ4v) is 10.7. The maximum absolute atomic E-state index is 12.2. The molecule has 2 saturated heterocycles. The summed E-state index contributed by atoms with van der Waals surface area (Å²) in [5.74, 6) is -0.280. The van der Waals surface area contributed by atoms with Crippen molar-refractivity contribution in [3.63, 3.8) is 0 Å². The molecule has 12 nitrogen and oxygen atoms in total. The van der Waals surface area contributed by atoms with E-state index >= 15 is 0 Å². The topological polar surface area (TPSA) is 143 Å². The smallest absolute Gasteiger partial charge is 0.217 e. The van der Waals surface area contributed by atoms with Gasteiger partial charge in [-0.25, -0.2) is 0 Å². The van der Waals surface area contributed by atoms with Crippen LogP contribution in [0.25, 0.3) is 0 Å². The Morgan fingerprint density at radius 3 is 1.23 bits per heavy atom. The third-order valence-corrected chi connectivity index (χ3v) is 31.7. The molecule has 1 aromatic rings. The molecule has 354 valence electrons. The number of rotatable bonds is 15. The molecule has 2 unspecified atom stereocenters. The van der Waals surface area contributed by atoms with E-state index < -0.39 is 70.2 Å². The van der Waals surface area contributed by atoms with Crippen LogP contribution < -0.4 is 10.6 Å². The third kappa shape index (κ3) is 15.4. The van der Waals surface area contributed by atoms with Crippen molar-refractivity contribution in [3.05, 3.63) is 35.9 Å². The van der Waals surface area contributed by atoms with Crippen LogP contribution in [0.15, 0.2) is 30.3 Å². The minimum absolute atomic E-state index is 0.00655. The molecular formula is C45H88N2O10Si4. The van der Waals surface area contributed by atoms with E-state index in [9.17, 15) is 14.7 Å². The van der Waals surface area contributed by atoms with Gasteiger partial charge in [0.1, 0.15) is 24.4 Å². The first kappa shape index (κ1) is 55.8. The number of benzene rings is 1. The first-order valence-corrected chi connectivity index (χ1v) is 33.8. The Morgan fingerprint density at radius 2 is 0.902 bits per heavy atom. The maximum Gasteiger partial charge on any atom is 0.217 e. The summed E-state index contributed by atoms with van der Waals surface area (Å²) in [6, 6.07) is 9.27. The summed E-state index contributed by atoms with van der Waals surface area (Å²) in [6.45, 7) is 47.5. The van der Waals surface area contributed by atoms with E-state index in [1.807, 2.05) is 30.3 Å². The van der Waals surface area contributed by atoms with E-state index in [2.05, 4.69) is 146 Å². The zero-order valence-corrected chi connectivity index (χ0v) is 46.2. The van der Waals surface area contributed by atoms with Crippen LogP contribution in [-0.2, 0) is 48.1 Å². The fourth-order valence-electron chi connectivity index (χ4n) is 5.83. The van der Waals surface area contributed by atoms with Crippen LogP contribution in [0.3, 0.4) is 0 Å². The van der Waals surface area contributed by atoms with Crippen molar-refractivity contribution >= 4 is 45.1 Å². The fraction of sp³-hybridized carbons (Fsp3) is 0.822. The van der Waals surface area contributed by atoms with E-state index in [0.717, 1.165) is 5.56 Å². The van der Waals surface area contributed by atoms with Crippen molar-refractivity contribution in [2.75, 3.05) is 13.2 Å². The summed E-state index contributed by atoms with van der Waals surface area (Å²) in [5.41, 5.74) is 1.10. The lowest BCUT2D eigenvalue weighted by Gasteiger charge is -2.43. The highest BCUT2D eigenvalue weighted by molar-refractivity contribution is 6.75. The lowest BCUT2D eigenvalue weighted by Crippen LogP contribution is -2.56. The highest BCUT2D eigenvalue weighted by Crippen LogP contribution is 2.45.